The number of aryl methyl sites for hydroxylation is 1. The van der Waals surface area contributed by atoms with Crippen LogP contribution in [0.2, 0.25) is 0 Å². The normalized spacial score (nSPS) is 11.2. The van der Waals surface area contributed by atoms with Crippen molar-refractivity contribution in [1.29, 1.82) is 0 Å². The number of rotatable bonds is 3. The third-order valence-electron chi connectivity index (χ3n) is 2.58. The van der Waals surface area contributed by atoms with Gasteiger partial charge in [-0.25, -0.2) is 8.42 Å². The first-order valence-corrected chi connectivity index (χ1v) is 6.91. The number of benzene rings is 2. The number of sulfonamides is 1. The Bertz CT molecular complexity index is 652. The highest BCUT2D eigenvalue weighted by Gasteiger charge is 2.14. The summed E-state index contributed by atoms with van der Waals surface area (Å²) in [7, 11) is -3.56. The van der Waals surface area contributed by atoms with Gasteiger partial charge in [0.2, 0.25) is 0 Å². The SMILES string of the molecule is Cc1cc(S(=O)(=O)Nc2ccccc2)ccc1N. The second-order valence-corrected chi connectivity index (χ2v) is 5.67. The Morgan fingerprint density at radius 2 is 1.72 bits per heavy atom. The number of anilines is 2. The molecule has 3 N–H and O–H groups in total. The molecule has 0 bridgehead atoms. The van der Waals surface area contributed by atoms with Crippen molar-refractivity contribution in [2.75, 3.05) is 10.5 Å². The van der Waals surface area contributed by atoms with E-state index in [4.69, 9.17) is 5.73 Å². The lowest BCUT2D eigenvalue weighted by atomic mass is 10.2. The second kappa shape index (κ2) is 4.70. The number of nitrogens with one attached hydrogen (secondary N) is 1. The predicted octanol–water partition coefficient (Wildman–Crippen LogP) is 2.38. The van der Waals surface area contributed by atoms with Gasteiger partial charge in [-0.3, -0.25) is 4.72 Å². The zero-order chi connectivity index (χ0) is 13.2. The molecule has 4 nitrogen and oxygen atoms in total. The lowest BCUT2D eigenvalue weighted by Gasteiger charge is -2.09. The van der Waals surface area contributed by atoms with E-state index in [0.29, 0.717) is 11.4 Å². The molecule has 0 aromatic heterocycles. The molecular weight excluding hydrogens is 248 g/mol. The smallest absolute Gasteiger partial charge is 0.261 e. The molecule has 0 aliphatic heterocycles. The molecule has 0 saturated carbocycles. The van der Waals surface area contributed by atoms with Gasteiger partial charge >= 0.3 is 0 Å². The van der Waals surface area contributed by atoms with Gasteiger partial charge in [-0.15, -0.1) is 0 Å². The highest BCUT2D eigenvalue weighted by atomic mass is 32.2. The predicted molar refractivity (Wildman–Crippen MR) is 72.8 cm³/mol. The quantitative estimate of drug-likeness (QED) is 0.834. The first-order chi connectivity index (χ1) is 8.49. The highest BCUT2D eigenvalue weighted by molar-refractivity contribution is 7.92. The molecule has 0 aliphatic carbocycles. The maximum atomic E-state index is 12.1. The summed E-state index contributed by atoms with van der Waals surface area (Å²) in [5.41, 5.74) is 7.52. The Balaban J connectivity index is 2.34. The summed E-state index contributed by atoms with van der Waals surface area (Å²) in [6.45, 7) is 1.77. The minimum atomic E-state index is -3.56. The molecule has 2 aromatic rings. The molecule has 18 heavy (non-hydrogen) atoms. The molecule has 0 unspecified atom stereocenters. The van der Waals surface area contributed by atoms with Gasteiger partial charge < -0.3 is 5.73 Å². The van der Waals surface area contributed by atoms with Crippen molar-refractivity contribution in [1.82, 2.24) is 0 Å². The molecule has 0 aliphatic rings. The van der Waals surface area contributed by atoms with Crippen LogP contribution in [0.3, 0.4) is 0 Å². The van der Waals surface area contributed by atoms with Crippen molar-refractivity contribution in [3.8, 4) is 0 Å². The van der Waals surface area contributed by atoms with E-state index in [1.165, 1.54) is 6.07 Å². The molecule has 94 valence electrons. The van der Waals surface area contributed by atoms with Crippen LogP contribution in [0.25, 0.3) is 0 Å². The lowest BCUT2D eigenvalue weighted by Crippen LogP contribution is -2.13. The van der Waals surface area contributed by atoms with E-state index in [0.717, 1.165) is 5.56 Å². The minimum Gasteiger partial charge on any atom is -0.399 e. The van der Waals surface area contributed by atoms with E-state index in [1.54, 1.807) is 43.3 Å². The summed E-state index contributed by atoms with van der Waals surface area (Å²) in [6, 6.07) is 13.4. The lowest BCUT2D eigenvalue weighted by molar-refractivity contribution is 0.601. The van der Waals surface area contributed by atoms with Crippen molar-refractivity contribution in [3.63, 3.8) is 0 Å². The van der Waals surface area contributed by atoms with Gasteiger partial charge in [-0.05, 0) is 42.8 Å². The Kier molecular flexibility index (Phi) is 3.25. The average Bonchev–Trinajstić information content (AvgIpc) is 2.33. The van der Waals surface area contributed by atoms with Crippen LogP contribution in [0.15, 0.2) is 53.4 Å². The summed E-state index contributed by atoms with van der Waals surface area (Å²) in [5, 5.41) is 0. The molecule has 5 heteroatoms. The summed E-state index contributed by atoms with van der Waals surface area (Å²) in [6.07, 6.45) is 0. The van der Waals surface area contributed by atoms with Gasteiger partial charge in [0.25, 0.3) is 10.0 Å². The highest BCUT2D eigenvalue weighted by Crippen LogP contribution is 2.19. The molecular formula is C13H14N2O2S. The monoisotopic (exact) mass is 262 g/mol. The van der Waals surface area contributed by atoms with E-state index < -0.39 is 10.0 Å². The maximum Gasteiger partial charge on any atom is 0.261 e. The molecule has 0 fully saturated rings. The van der Waals surface area contributed by atoms with Crippen LogP contribution in [0.4, 0.5) is 11.4 Å². The molecule has 0 saturated heterocycles. The molecule has 0 radical (unpaired) electrons. The van der Waals surface area contributed by atoms with Crippen LogP contribution in [0, 0.1) is 6.92 Å². The molecule has 0 amide bonds. The first kappa shape index (κ1) is 12.4. The van der Waals surface area contributed by atoms with Crippen molar-refractivity contribution < 1.29 is 8.42 Å². The average molecular weight is 262 g/mol. The second-order valence-electron chi connectivity index (χ2n) is 3.99. The van der Waals surface area contributed by atoms with Gasteiger partial charge in [0.15, 0.2) is 0 Å². The first-order valence-electron chi connectivity index (χ1n) is 5.43. The van der Waals surface area contributed by atoms with Crippen LogP contribution < -0.4 is 10.5 Å². The third kappa shape index (κ3) is 2.62. The molecule has 0 spiro atoms. The summed E-state index contributed by atoms with van der Waals surface area (Å²) >= 11 is 0. The van der Waals surface area contributed by atoms with Crippen molar-refractivity contribution >= 4 is 21.4 Å². The molecule has 2 rings (SSSR count). The van der Waals surface area contributed by atoms with Crippen LogP contribution in [-0.4, -0.2) is 8.42 Å². The fraction of sp³-hybridized carbons (Fsp3) is 0.0769. The van der Waals surface area contributed by atoms with Crippen LogP contribution in [-0.2, 0) is 10.0 Å². The Morgan fingerprint density at radius 1 is 1.06 bits per heavy atom. The topological polar surface area (TPSA) is 72.2 Å². The fourth-order valence-corrected chi connectivity index (χ4v) is 2.68. The van der Waals surface area contributed by atoms with Gasteiger partial charge in [-0.1, -0.05) is 18.2 Å². The molecule has 0 heterocycles. The number of nitrogens with two attached hydrogens (primary N) is 1. The summed E-state index contributed by atoms with van der Waals surface area (Å²) in [4.78, 5) is 0.207. The molecule has 0 atom stereocenters. The summed E-state index contributed by atoms with van der Waals surface area (Å²) < 4.78 is 26.7. The Morgan fingerprint density at radius 3 is 2.33 bits per heavy atom. The van der Waals surface area contributed by atoms with Crippen LogP contribution in [0.5, 0.6) is 0 Å². The zero-order valence-electron chi connectivity index (χ0n) is 9.92. The Hall–Kier alpha value is -2.01. The largest absolute Gasteiger partial charge is 0.399 e. The van der Waals surface area contributed by atoms with E-state index in [9.17, 15) is 8.42 Å². The van der Waals surface area contributed by atoms with Gasteiger partial charge in [0, 0.05) is 11.4 Å². The number of nitrogen functional groups attached to an aromatic ring is 1. The maximum absolute atomic E-state index is 12.1. The van der Waals surface area contributed by atoms with Gasteiger partial charge in [0.1, 0.15) is 0 Å². The van der Waals surface area contributed by atoms with Gasteiger partial charge in [-0.2, -0.15) is 0 Å². The summed E-state index contributed by atoms with van der Waals surface area (Å²) in [5.74, 6) is 0. The van der Waals surface area contributed by atoms with E-state index in [-0.39, 0.29) is 4.90 Å². The van der Waals surface area contributed by atoms with Crippen molar-refractivity contribution in [3.05, 3.63) is 54.1 Å². The van der Waals surface area contributed by atoms with Gasteiger partial charge in [0.05, 0.1) is 4.90 Å². The van der Waals surface area contributed by atoms with Crippen molar-refractivity contribution in [2.45, 2.75) is 11.8 Å². The van der Waals surface area contributed by atoms with Crippen molar-refractivity contribution in [2.24, 2.45) is 0 Å². The zero-order valence-corrected chi connectivity index (χ0v) is 10.7. The third-order valence-corrected chi connectivity index (χ3v) is 3.96. The number of hydrogen-bond donors (Lipinski definition) is 2. The van der Waals surface area contributed by atoms with E-state index in [1.807, 2.05) is 6.07 Å². The fourth-order valence-electron chi connectivity index (χ4n) is 1.54. The van der Waals surface area contributed by atoms with E-state index in [2.05, 4.69) is 4.72 Å². The van der Waals surface area contributed by atoms with Crippen LogP contribution in [0.1, 0.15) is 5.56 Å². The van der Waals surface area contributed by atoms with Crippen LogP contribution >= 0.6 is 0 Å². The number of para-hydroxylation sites is 1. The Labute approximate surface area is 107 Å². The molecule has 2 aromatic carbocycles. The standard InChI is InChI=1S/C13H14N2O2S/c1-10-9-12(7-8-13(10)14)18(16,17)15-11-5-3-2-4-6-11/h2-9,15H,14H2,1H3. The minimum absolute atomic E-state index is 0.207. The number of hydrogen-bond acceptors (Lipinski definition) is 3. The van der Waals surface area contributed by atoms with E-state index >= 15 is 0 Å².